The van der Waals surface area contributed by atoms with Gasteiger partial charge in [-0.1, -0.05) is 44.2 Å². The molecule has 0 spiro atoms. The topological polar surface area (TPSA) is 67.2 Å². The highest BCUT2D eigenvalue weighted by Gasteiger charge is 2.17. The molecule has 0 saturated heterocycles. The van der Waals surface area contributed by atoms with Gasteiger partial charge in [-0.2, -0.15) is 13.7 Å². The van der Waals surface area contributed by atoms with Gasteiger partial charge in [0.05, 0.1) is 11.6 Å². The number of nitrogens with zero attached hydrogens (tertiary/aromatic N) is 1. The maximum atomic E-state index is 12.2. The minimum absolute atomic E-state index is 0.160. The molecule has 0 saturated carbocycles. The van der Waals surface area contributed by atoms with E-state index in [1.807, 2.05) is 32.0 Å². The van der Waals surface area contributed by atoms with Crippen molar-refractivity contribution in [3.8, 4) is 11.8 Å². The van der Waals surface area contributed by atoms with Crippen LogP contribution in [0, 0.1) is 11.3 Å². The first-order valence-corrected chi connectivity index (χ1v) is 8.49. The summed E-state index contributed by atoms with van der Waals surface area (Å²) in [4.78, 5) is 0. The Morgan fingerprint density at radius 1 is 1.14 bits per heavy atom. The maximum Gasteiger partial charge on any atom is 0.313 e. The van der Waals surface area contributed by atoms with Crippen LogP contribution in [0.15, 0.2) is 48.5 Å². The highest BCUT2D eigenvalue weighted by Crippen LogP contribution is 2.27. The van der Waals surface area contributed by atoms with Gasteiger partial charge in [-0.25, -0.2) is 0 Å². The van der Waals surface area contributed by atoms with Gasteiger partial charge >= 0.3 is 10.1 Å². The second-order valence-electron chi connectivity index (χ2n) is 5.29. The molecule has 5 heteroatoms. The van der Waals surface area contributed by atoms with Crippen LogP contribution in [0.1, 0.15) is 36.5 Å². The molecule has 0 aliphatic carbocycles. The van der Waals surface area contributed by atoms with E-state index in [9.17, 15) is 8.42 Å². The van der Waals surface area contributed by atoms with Gasteiger partial charge < -0.3 is 4.18 Å². The fourth-order valence-corrected chi connectivity index (χ4v) is 3.21. The molecule has 22 heavy (non-hydrogen) atoms. The van der Waals surface area contributed by atoms with Gasteiger partial charge in [-0.15, -0.1) is 0 Å². The molecule has 2 aromatic rings. The molecule has 0 aromatic heterocycles. The molecule has 0 heterocycles. The molecule has 4 nitrogen and oxygen atoms in total. The molecule has 0 radical (unpaired) electrons. The summed E-state index contributed by atoms with van der Waals surface area (Å²) in [6.07, 6.45) is 0. The minimum atomic E-state index is -3.78. The Morgan fingerprint density at radius 2 is 1.86 bits per heavy atom. The quantitative estimate of drug-likeness (QED) is 0.791. The fraction of sp³-hybridized carbons (Fsp3) is 0.235. The summed E-state index contributed by atoms with van der Waals surface area (Å²) in [6.45, 7) is 3.95. The lowest BCUT2D eigenvalue weighted by Crippen LogP contribution is -2.13. The Morgan fingerprint density at radius 3 is 2.55 bits per heavy atom. The Hall–Kier alpha value is -2.32. The van der Waals surface area contributed by atoms with Crippen LogP contribution in [0.4, 0.5) is 0 Å². The average molecular weight is 315 g/mol. The lowest BCUT2D eigenvalue weighted by atomic mass is 10.0. The predicted molar refractivity (Wildman–Crippen MR) is 84.9 cm³/mol. The molecule has 0 bridgehead atoms. The molecule has 2 rings (SSSR count). The third-order valence-electron chi connectivity index (χ3n) is 3.16. The van der Waals surface area contributed by atoms with E-state index in [4.69, 9.17) is 9.44 Å². The van der Waals surface area contributed by atoms with Gasteiger partial charge in [0.1, 0.15) is 11.5 Å². The van der Waals surface area contributed by atoms with Crippen LogP contribution in [0.2, 0.25) is 0 Å². The maximum absolute atomic E-state index is 12.2. The van der Waals surface area contributed by atoms with Gasteiger partial charge in [-0.05, 0) is 35.2 Å². The molecule has 0 atom stereocenters. The van der Waals surface area contributed by atoms with E-state index in [-0.39, 0.29) is 11.7 Å². The number of hydrogen-bond donors (Lipinski definition) is 0. The monoisotopic (exact) mass is 315 g/mol. The molecule has 0 aliphatic heterocycles. The van der Waals surface area contributed by atoms with Crippen molar-refractivity contribution in [3.63, 3.8) is 0 Å². The van der Waals surface area contributed by atoms with Crippen molar-refractivity contribution in [2.75, 3.05) is 0 Å². The van der Waals surface area contributed by atoms with Crippen molar-refractivity contribution in [2.24, 2.45) is 0 Å². The number of nitriles is 1. The fourth-order valence-electron chi connectivity index (χ4n) is 2.13. The van der Waals surface area contributed by atoms with Crippen LogP contribution < -0.4 is 4.18 Å². The van der Waals surface area contributed by atoms with E-state index in [0.717, 1.165) is 5.56 Å². The van der Waals surface area contributed by atoms with Gasteiger partial charge in [0.2, 0.25) is 0 Å². The van der Waals surface area contributed by atoms with Crippen molar-refractivity contribution in [1.82, 2.24) is 0 Å². The highest BCUT2D eigenvalue weighted by molar-refractivity contribution is 7.86. The second-order valence-corrected chi connectivity index (χ2v) is 6.86. The van der Waals surface area contributed by atoms with E-state index >= 15 is 0 Å². The van der Waals surface area contributed by atoms with Gasteiger partial charge in [-0.3, -0.25) is 0 Å². The lowest BCUT2D eigenvalue weighted by molar-refractivity contribution is 0.480. The van der Waals surface area contributed by atoms with Crippen molar-refractivity contribution in [1.29, 1.82) is 5.26 Å². The van der Waals surface area contributed by atoms with Crippen molar-refractivity contribution in [2.45, 2.75) is 25.5 Å². The van der Waals surface area contributed by atoms with E-state index in [1.54, 1.807) is 36.4 Å². The van der Waals surface area contributed by atoms with Crippen LogP contribution >= 0.6 is 0 Å². The van der Waals surface area contributed by atoms with Crippen LogP contribution in [-0.4, -0.2) is 8.42 Å². The molecule has 0 unspecified atom stereocenters. The first-order chi connectivity index (χ1) is 10.4. The van der Waals surface area contributed by atoms with Crippen LogP contribution in [0.25, 0.3) is 0 Å². The molecule has 0 N–H and O–H groups in total. The van der Waals surface area contributed by atoms with Gasteiger partial charge in [0, 0.05) is 0 Å². The first-order valence-electron chi connectivity index (χ1n) is 6.91. The Labute approximate surface area is 131 Å². The summed E-state index contributed by atoms with van der Waals surface area (Å²) in [7, 11) is -3.78. The summed E-state index contributed by atoms with van der Waals surface area (Å²) in [5.74, 6) is 0.247. The van der Waals surface area contributed by atoms with E-state index < -0.39 is 10.1 Å². The summed E-state index contributed by atoms with van der Waals surface area (Å²) >= 11 is 0. The Kier molecular flexibility index (Phi) is 4.84. The van der Waals surface area contributed by atoms with Crippen LogP contribution in [-0.2, 0) is 15.9 Å². The zero-order valence-corrected chi connectivity index (χ0v) is 13.3. The van der Waals surface area contributed by atoms with E-state index in [2.05, 4.69) is 0 Å². The Balaban J connectivity index is 2.23. The summed E-state index contributed by atoms with van der Waals surface area (Å²) < 4.78 is 29.7. The molecule has 0 fully saturated rings. The number of para-hydroxylation sites is 1. The molecule has 114 valence electrons. The number of hydrogen-bond acceptors (Lipinski definition) is 4. The lowest BCUT2D eigenvalue weighted by Gasteiger charge is -2.13. The summed E-state index contributed by atoms with van der Waals surface area (Å²) in [5, 5.41) is 8.86. The summed E-state index contributed by atoms with van der Waals surface area (Å²) in [5.41, 5.74) is 1.80. The van der Waals surface area contributed by atoms with Gasteiger partial charge in [0.25, 0.3) is 0 Å². The normalized spacial score (nSPS) is 11.2. The molecule has 0 amide bonds. The third kappa shape index (κ3) is 4.09. The first kappa shape index (κ1) is 16.1. The van der Waals surface area contributed by atoms with Crippen molar-refractivity contribution in [3.05, 3.63) is 65.2 Å². The summed E-state index contributed by atoms with van der Waals surface area (Å²) in [6, 6.07) is 15.6. The molecule has 2 aromatic carbocycles. The molecular weight excluding hydrogens is 298 g/mol. The predicted octanol–water partition coefficient (Wildman–Crippen LogP) is 3.59. The van der Waals surface area contributed by atoms with Crippen molar-refractivity contribution < 1.29 is 12.6 Å². The largest absolute Gasteiger partial charge is 0.382 e. The number of benzene rings is 2. The zero-order valence-electron chi connectivity index (χ0n) is 12.5. The third-order valence-corrected chi connectivity index (χ3v) is 4.28. The zero-order chi connectivity index (χ0) is 16.2. The van der Waals surface area contributed by atoms with Crippen molar-refractivity contribution >= 4 is 10.1 Å². The molecular formula is C17H17NO3S. The molecule has 0 aliphatic rings. The SMILES string of the molecule is CC(C)c1ccccc1OS(=O)(=O)Cc1cccc(C#N)c1. The average Bonchev–Trinajstić information content (AvgIpc) is 2.46. The van der Waals surface area contributed by atoms with E-state index in [0.29, 0.717) is 16.9 Å². The smallest absolute Gasteiger partial charge is 0.313 e. The van der Waals surface area contributed by atoms with Gasteiger partial charge in [0.15, 0.2) is 0 Å². The highest BCUT2D eigenvalue weighted by atomic mass is 32.2. The second kappa shape index (κ2) is 6.63. The van der Waals surface area contributed by atoms with E-state index in [1.165, 1.54) is 0 Å². The minimum Gasteiger partial charge on any atom is -0.382 e. The standard InChI is InChI=1S/C17H17NO3S/c1-13(2)16-8-3-4-9-17(16)21-22(19,20)12-15-7-5-6-14(10-15)11-18/h3-10,13H,12H2,1-2H3. The van der Waals surface area contributed by atoms with Crippen LogP contribution in [0.3, 0.4) is 0 Å². The van der Waals surface area contributed by atoms with Crippen LogP contribution in [0.5, 0.6) is 5.75 Å². The number of rotatable bonds is 5. The Bertz CT molecular complexity index is 805.